The molecular formula is C54H32N4S. The fraction of sp³-hybridized carbons (Fsp3) is 0. The van der Waals surface area contributed by atoms with Gasteiger partial charge in [0.25, 0.3) is 0 Å². The van der Waals surface area contributed by atoms with E-state index in [0.29, 0.717) is 5.82 Å². The second kappa shape index (κ2) is 12.4. The van der Waals surface area contributed by atoms with Gasteiger partial charge in [0.1, 0.15) is 5.82 Å². The number of para-hydroxylation sites is 3. The van der Waals surface area contributed by atoms with Crippen LogP contribution < -0.4 is 0 Å². The van der Waals surface area contributed by atoms with Crippen molar-refractivity contribution in [2.45, 2.75) is 0 Å². The molecule has 13 aromatic rings. The van der Waals surface area contributed by atoms with Gasteiger partial charge < -0.3 is 4.57 Å². The average Bonchev–Trinajstić information content (AvgIpc) is 3.96. The molecule has 0 amide bonds. The Balaban J connectivity index is 1.12. The third-order valence-corrected chi connectivity index (χ3v) is 13.3. The van der Waals surface area contributed by atoms with Gasteiger partial charge in [0.2, 0.25) is 0 Å². The van der Waals surface area contributed by atoms with Crippen LogP contribution in [0.5, 0.6) is 0 Å². The molecule has 0 saturated heterocycles. The van der Waals surface area contributed by atoms with Crippen LogP contribution in [0.3, 0.4) is 0 Å². The van der Waals surface area contributed by atoms with Crippen LogP contribution in [0.25, 0.3) is 119 Å². The second-order valence-electron chi connectivity index (χ2n) is 15.3. The summed E-state index contributed by atoms with van der Waals surface area (Å²) >= 11 is 1.82. The molecule has 274 valence electrons. The fourth-order valence-electron chi connectivity index (χ4n) is 9.49. The summed E-state index contributed by atoms with van der Waals surface area (Å²) in [7, 11) is 0. The highest BCUT2D eigenvalue weighted by Gasteiger charge is 2.22. The van der Waals surface area contributed by atoms with Crippen LogP contribution in [0.2, 0.25) is 0 Å². The Hall–Kier alpha value is -7.60. The van der Waals surface area contributed by atoms with Gasteiger partial charge in [0, 0.05) is 58.4 Å². The van der Waals surface area contributed by atoms with Gasteiger partial charge in [-0.15, -0.1) is 11.3 Å². The lowest BCUT2D eigenvalue weighted by atomic mass is 10.0. The molecule has 0 radical (unpaired) electrons. The van der Waals surface area contributed by atoms with Crippen LogP contribution in [0, 0.1) is 0 Å². The molecule has 0 saturated carbocycles. The SMILES string of the molecule is c1ccc(-c2ccc3c(c2)c2ccccc2n3-c2nc(-c3cc(-n4c5ccccc5c5c6ccccc6ccc54)cc4c3sc3ccccc34)nc3ccccc23)cc1. The summed E-state index contributed by atoms with van der Waals surface area (Å²) in [5, 5.41) is 10.8. The van der Waals surface area contributed by atoms with Crippen molar-refractivity contribution in [3.8, 4) is 34.0 Å². The van der Waals surface area contributed by atoms with Gasteiger partial charge in [-0.1, -0.05) is 133 Å². The minimum atomic E-state index is 0.704. The predicted octanol–water partition coefficient (Wildman–Crippen LogP) is 14.7. The van der Waals surface area contributed by atoms with Crippen molar-refractivity contribution in [2.24, 2.45) is 0 Å². The molecular weight excluding hydrogens is 737 g/mol. The molecule has 59 heavy (non-hydrogen) atoms. The lowest BCUT2D eigenvalue weighted by Gasteiger charge is -2.15. The van der Waals surface area contributed by atoms with Gasteiger partial charge in [-0.2, -0.15) is 0 Å². The van der Waals surface area contributed by atoms with E-state index in [9.17, 15) is 0 Å². The van der Waals surface area contributed by atoms with Crippen molar-refractivity contribution in [3.63, 3.8) is 0 Å². The van der Waals surface area contributed by atoms with Crippen molar-refractivity contribution in [2.75, 3.05) is 0 Å². The molecule has 0 bridgehead atoms. The van der Waals surface area contributed by atoms with Crippen molar-refractivity contribution >= 4 is 96.8 Å². The van der Waals surface area contributed by atoms with Gasteiger partial charge in [-0.3, -0.25) is 4.57 Å². The summed E-state index contributed by atoms with van der Waals surface area (Å²) in [6, 6.07) is 70.1. The van der Waals surface area contributed by atoms with Crippen molar-refractivity contribution < 1.29 is 0 Å². The van der Waals surface area contributed by atoms with Crippen LogP contribution in [-0.4, -0.2) is 19.1 Å². The molecule has 0 spiro atoms. The van der Waals surface area contributed by atoms with E-state index in [1.165, 1.54) is 74.6 Å². The zero-order valence-electron chi connectivity index (χ0n) is 31.7. The first-order chi connectivity index (χ1) is 29.3. The lowest BCUT2D eigenvalue weighted by Crippen LogP contribution is -2.03. The smallest absolute Gasteiger partial charge is 0.163 e. The minimum Gasteiger partial charge on any atom is -0.309 e. The number of rotatable bonds is 4. The molecule has 4 aromatic heterocycles. The largest absolute Gasteiger partial charge is 0.309 e. The number of hydrogen-bond acceptors (Lipinski definition) is 3. The number of benzene rings is 9. The molecule has 0 unspecified atom stereocenters. The van der Waals surface area contributed by atoms with E-state index < -0.39 is 0 Å². The predicted molar refractivity (Wildman–Crippen MR) is 249 cm³/mol. The monoisotopic (exact) mass is 768 g/mol. The number of hydrogen-bond donors (Lipinski definition) is 0. The highest BCUT2D eigenvalue weighted by atomic mass is 32.1. The Kier molecular flexibility index (Phi) is 6.85. The maximum absolute atomic E-state index is 5.65. The first-order valence-electron chi connectivity index (χ1n) is 20.0. The molecule has 13 rings (SSSR count). The summed E-state index contributed by atoms with van der Waals surface area (Å²) in [4.78, 5) is 11.1. The fourth-order valence-corrected chi connectivity index (χ4v) is 10.7. The third kappa shape index (κ3) is 4.77. The zero-order chi connectivity index (χ0) is 38.6. The zero-order valence-corrected chi connectivity index (χ0v) is 32.5. The van der Waals surface area contributed by atoms with Gasteiger partial charge in [0.15, 0.2) is 5.82 Å². The van der Waals surface area contributed by atoms with Crippen molar-refractivity contribution in [1.82, 2.24) is 19.1 Å². The Morgan fingerprint density at radius 2 is 1.05 bits per heavy atom. The van der Waals surface area contributed by atoms with Gasteiger partial charge in [-0.25, -0.2) is 9.97 Å². The number of aromatic nitrogens is 4. The standard InChI is InChI=1S/C54H32N4S/c1-2-14-33(15-3-1)35-27-28-48-42(30-35)38-18-7-11-23-46(38)58(48)54-40-20-6-10-22-45(40)55-53(56-54)44-32-36(31-43-39-19-9-13-25-50(39)59-52(43)44)57-47-24-12-8-21-41(47)51-37-17-5-4-16-34(37)26-29-49(51)57/h1-32H. The summed E-state index contributed by atoms with van der Waals surface area (Å²) < 4.78 is 7.20. The van der Waals surface area contributed by atoms with E-state index in [0.717, 1.165) is 39.0 Å². The highest BCUT2D eigenvalue weighted by molar-refractivity contribution is 7.26. The molecule has 4 nitrogen and oxygen atoms in total. The van der Waals surface area contributed by atoms with E-state index in [-0.39, 0.29) is 0 Å². The van der Waals surface area contributed by atoms with Crippen LogP contribution >= 0.6 is 11.3 Å². The van der Waals surface area contributed by atoms with Crippen LogP contribution in [0.1, 0.15) is 0 Å². The first-order valence-corrected chi connectivity index (χ1v) is 20.8. The second-order valence-corrected chi connectivity index (χ2v) is 16.4. The van der Waals surface area contributed by atoms with Gasteiger partial charge in [-0.05, 0) is 82.6 Å². The topological polar surface area (TPSA) is 35.6 Å². The van der Waals surface area contributed by atoms with Crippen molar-refractivity contribution in [3.05, 3.63) is 194 Å². The average molecular weight is 769 g/mol. The number of thiophene rings is 1. The molecule has 0 aliphatic heterocycles. The Bertz CT molecular complexity index is 3850. The summed E-state index contributed by atoms with van der Waals surface area (Å²) in [5.41, 5.74) is 9.97. The molecule has 0 fully saturated rings. The maximum Gasteiger partial charge on any atom is 0.163 e. The van der Waals surface area contributed by atoms with Gasteiger partial charge in [0.05, 0.1) is 27.6 Å². The Labute approximate surface area is 342 Å². The normalized spacial score (nSPS) is 12.1. The molecule has 4 heterocycles. The van der Waals surface area contributed by atoms with E-state index >= 15 is 0 Å². The molecule has 0 atom stereocenters. The first kappa shape index (κ1) is 32.5. The molecule has 9 aromatic carbocycles. The molecule has 0 aliphatic carbocycles. The van der Waals surface area contributed by atoms with Crippen LogP contribution in [0.4, 0.5) is 0 Å². The Morgan fingerprint density at radius 3 is 1.92 bits per heavy atom. The van der Waals surface area contributed by atoms with E-state index in [4.69, 9.17) is 9.97 Å². The van der Waals surface area contributed by atoms with Crippen LogP contribution in [-0.2, 0) is 0 Å². The summed E-state index contributed by atoms with van der Waals surface area (Å²) in [5.74, 6) is 1.57. The van der Waals surface area contributed by atoms with Crippen molar-refractivity contribution in [1.29, 1.82) is 0 Å². The third-order valence-electron chi connectivity index (χ3n) is 12.1. The molecule has 5 heteroatoms. The molecule has 0 N–H and O–H groups in total. The maximum atomic E-state index is 5.65. The lowest BCUT2D eigenvalue weighted by molar-refractivity contribution is 1.08. The summed E-state index contributed by atoms with van der Waals surface area (Å²) in [6.45, 7) is 0. The number of nitrogens with zero attached hydrogens (tertiary/aromatic N) is 4. The summed E-state index contributed by atoms with van der Waals surface area (Å²) in [6.07, 6.45) is 0. The highest BCUT2D eigenvalue weighted by Crippen LogP contribution is 2.44. The van der Waals surface area contributed by atoms with E-state index in [1.54, 1.807) is 0 Å². The molecule has 0 aliphatic rings. The Morgan fingerprint density at radius 1 is 0.390 bits per heavy atom. The minimum absolute atomic E-state index is 0.704. The quantitative estimate of drug-likeness (QED) is 0.179. The van der Waals surface area contributed by atoms with E-state index in [1.807, 2.05) is 11.3 Å². The number of fused-ring (bicyclic) bond motifs is 12. The van der Waals surface area contributed by atoms with E-state index in [2.05, 4.69) is 203 Å². The van der Waals surface area contributed by atoms with Crippen LogP contribution in [0.15, 0.2) is 194 Å². The van der Waals surface area contributed by atoms with Gasteiger partial charge >= 0.3 is 0 Å².